The predicted octanol–water partition coefficient (Wildman–Crippen LogP) is 4.11. The third kappa shape index (κ3) is 3.51. The third-order valence-corrected chi connectivity index (χ3v) is 7.16. The summed E-state index contributed by atoms with van der Waals surface area (Å²) in [5, 5.41) is 12.2. The Hall–Kier alpha value is -3.03. The minimum atomic E-state index is -3.95. The van der Waals surface area contributed by atoms with Gasteiger partial charge in [-0.2, -0.15) is 4.72 Å². The molecule has 7 heteroatoms. The lowest BCUT2D eigenvalue weighted by molar-refractivity contribution is -0.528. The summed E-state index contributed by atoms with van der Waals surface area (Å²) in [6.45, 7) is 3.73. The number of fused-ring (bicyclic) bond motifs is 1. The summed E-state index contributed by atoms with van der Waals surface area (Å²) in [6.07, 6.45) is 0. The second kappa shape index (κ2) is 7.66. The predicted molar refractivity (Wildman–Crippen MR) is 114 cm³/mol. The standard InChI is InChI=1S/C23H22N2O4S/c1-15-11-13-18(14-12-15)30(28,29)24-22-20-16(2)7-6-10-19(20)21(23(22)25(26)27)17-8-4-3-5-9-17/h3-14,21-24H,1-2H3. The van der Waals surface area contributed by atoms with Gasteiger partial charge in [-0.15, -0.1) is 0 Å². The Kier molecular flexibility index (Phi) is 5.17. The summed E-state index contributed by atoms with van der Waals surface area (Å²) in [4.78, 5) is 11.9. The van der Waals surface area contributed by atoms with Crippen LogP contribution in [0.1, 0.15) is 39.8 Å². The second-order valence-corrected chi connectivity index (χ2v) is 9.37. The Morgan fingerprint density at radius 2 is 1.57 bits per heavy atom. The SMILES string of the molecule is Cc1ccc(S(=O)(=O)NC2c3c(C)cccc3C(c3ccccc3)C2[N+](=O)[O-])cc1. The number of rotatable bonds is 5. The number of nitrogens with one attached hydrogen (secondary N) is 1. The van der Waals surface area contributed by atoms with Crippen LogP contribution in [0.3, 0.4) is 0 Å². The Balaban J connectivity index is 1.84. The Morgan fingerprint density at radius 3 is 2.20 bits per heavy atom. The van der Waals surface area contributed by atoms with Gasteiger partial charge in [0, 0.05) is 4.92 Å². The van der Waals surface area contributed by atoms with Crippen LogP contribution in [0.2, 0.25) is 0 Å². The highest BCUT2D eigenvalue weighted by atomic mass is 32.2. The first-order valence-corrected chi connectivity index (χ1v) is 11.1. The van der Waals surface area contributed by atoms with Crippen LogP contribution < -0.4 is 4.72 Å². The third-order valence-electron chi connectivity index (χ3n) is 5.70. The highest BCUT2D eigenvalue weighted by Crippen LogP contribution is 2.47. The van der Waals surface area contributed by atoms with Crippen LogP contribution in [-0.4, -0.2) is 19.4 Å². The van der Waals surface area contributed by atoms with Crippen molar-refractivity contribution in [1.29, 1.82) is 0 Å². The number of aryl methyl sites for hydroxylation is 2. The highest BCUT2D eigenvalue weighted by molar-refractivity contribution is 7.89. The molecule has 3 aromatic rings. The molecule has 1 aliphatic carbocycles. The van der Waals surface area contributed by atoms with E-state index in [0.29, 0.717) is 5.56 Å². The molecule has 0 heterocycles. The molecule has 0 aliphatic heterocycles. The van der Waals surface area contributed by atoms with E-state index in [1.54, 1.807) is 12.1 Å². The molecule has 30 heavy (non-hydrogen) atoms. The van der Waals surface area contributed by atoms with Crippen molar-refractivity contribution >= 4 is 10.0 Å². The van der Waals surface area contributed by atoms with Gasteiger partial charge in [-0.25, -0.2) is 8.42 Å². The maximum Gasteiger partial charge on any atom is 0.244 e. The van der Waals surface area contributed by atoms with Crippen LogP contribution in [0, 0.1) is 24.0 Å². The van der Waals surface area contributed by atoms with Crippen molar-refractivity contribution in [3.05, 3.63) is 111 Å². The van der Waals surface area contributed by atoms with Crippen molar-refractivity contribution in [2.75, 3.05) is 0 Å². The topological polar surface area (TPSA) is 89.3 Å². The minimum absolute atomic E-state index is 0.0912. The molecule has 0 saturated heterocycles. The zero-order valence-corrected chi connectivity index (χ0v) is 17.5. The van der Waals surface area contributed by atoms with Gasteiger partial charge < -0.3 is 0 Å². The smallest absolute Gasteiger partial charge is 0.244 e. The van der Waals surface area contributed by atoms with E-state index in [1.165, 1.54) is 12.1 Å². The Morgan fingerprint density at radius 1 is 0.900 bits per heavy atom. The zero-order chi connectivity index (χ0) is 21.5. The van der Waals surface area contributed by atoms with Gasteiger partial charge in [-0.05, 0) is 48.2 Å². The average Bonchev–Trinajstić information content (AvgIpc) is 3.04. The quantitative estimate of drug-likeness (QED) is 0.495. The van der Waals surface area contributed by atoms with Gasteiger partial charge in [0.2, 0.25) is 16.1 Å². The van der Waals surface area contributed by atoms with Crippen LogP contribution in [0.15, 0.2) is 77.7 Å². The Labute approximate surface area is 175 Å². The van der Waals surface area contributed by atoms with E-state index >= 15 is 0 Å². The fourth-order valence-corrected chi connectivity index (χ4v) is 5.53. The van der Waals surface area contributed by atoms with Crippen LogP contribution in [0.25, 0.3) is 0 Å². The van der Waals surface area contributed by atoms with Gasteiger partial charge in [0.25, 0.3) is 0 Å². The fraction of sp³-hybridized carbons (Fsp3) is 0.217. The van der Waals surface area contributed by atoms with Crippen LogP contribution in [0.4, 0.5) is 0 Å². The summed E-state index contributed by atoms with van der Waals surface area (Å²) in [7, 11) is -3.95. The summed E-state index contributed by atoms with van der Waals surface area (Å²) in [6, 6.07) is 19.1. The first-order valence-electron chi connectivity index (χ1n) is 9.66. The lowest BCUT2D eigenvalue weighted by Gasteiger charge is -2.20. The summed E-state index contributed by atoms with van der Waals surface area (Å²) < 4.78 is 28.8. The first-order chi connectivity index (χ1) is 14.3. The molecular weight excluding hydrogens is 400 g/mol. The summed E-state index contributed by atoms with van der Waals surface area (Å²) in [5.74, 6) is -0.540. The summed E-state index contributed by atoms with van der Waals surface area (Å²) in [5.41, 5.74) is 4.03. The molecule has 0 amide bonds. The zero-order valence-electron chi connectivity index (χ0n) is 16.6. The maximum atomic E-state index is 13.1. The Bertz CT molecular complexity index is 1190. The highest BCUT2D eigenvalue weighted by Gasteiger charge is 2.51. The molecule has 4 rings (SSSR count). The number of hydrogen-bond donors (Lipinski definition) is 1. The monoisotopic (exact) mass is 422 g/mol. The van der Waals surface area contributed by atoms with Crippen LogP contribution >= 0.6 is 0 Å². The lowest BCUT2D eigenvalue weighted by Crippen LogP contribution is -2.39. The van der Waals surface area contributed by atoms with E-state index in [2.05, 4.69) is 4.72 Å². The van der Waals surface area contributed by atoms with Gasteiger partial charge in [0.05, 0.1) is 10.8 Å². The minimum Gasteiger partial charge on any atom is -0.264 e. The van der Waals surface area contributed by atoms with E-state index in [0.717, 1.165) is 22.3 Å². The average molecular weight is 423 g/mol. The molecule has 0 bridgehead atoms. The molecule has 0 saturated carbocycles. The summed E-state index contributed by atoms with van der Waals surface area (Å²) >= 11 is 0. The van der Waals surface area contributed by atoms with Crippen LogP contribution in [-0.2, 0) is 10.0 Å². The van der Waals surface area contributed by atoms with Gasteiger partial charge in [-0.1, -0.05) is 66.2 Å². The van der Waals surface area contributed by atoms with Gasteiger partial charge in [0.1, 0.15) is 6.04 Å². The molecule has 1 N–H and O–H groups in total. The molecule has 3 unspecified atom stereocenters. The molecule has 3 aromatic carbocycles. The van der Waals surface area contributed by atoms with E-state index in [4.69, 9.17) is 0 Å². The van der Waals surface area contributed by atoms with Gasteiger partial charge in [-0.3, -0.25) is 10.1 Å². The van der Waals surface area contributed by atoms with E-state index < -0.39 is 28.0 Å². The van der Waals surface area contributed by atoms with Crippen LogP contribution in [0.5, 0.6) is 0 Å². The van der Waals surface area contributed by atoms with Gasteiger partial charge in [0.15, 0.2) is 0 Å². The maximum absolute atomic E-state index is 13.1. The number of nitro groups is 1. The number of benzene rings is 3. The molecule has 154 valence electrons. The molecule has 3 atom stereocenters. The number of nitrogens with zero attached hydrogens (tertiary/aromatic N) is 1. The van der Waals surface area contributed by atoms with Crippen molar-refractivity contribution in [3.8, 4) is 0 Å². The van der Waals surface area contributed by atoms with E-state index in [9.17, 15) is 18.5 Å². The molecule has 0 spiro atoms. The molecule has 6 nitrogen and oxygen atoms in total. The van der Waals surface area contributed by atoms with E-state index in [1.807, 2.05) is 62.4 Å². The molecule has 0 radical (unpaired) electrons. The number of hydrogen-bond acceptors (Lipinski definition) is 4. The second-order valence-electron chi connectivity index (χ2n) is 7.65. The fourth-order valence-electron chi connectivity index (χ4n) is 4.31. The van der Waals surface area contributed by atoms with Crippen molar-refractivity contribution in [3.63, 3.8) is 0 Å². The lowest BCUT2D eigenvalue weighted by atomic mass is 9.90. The van der Waals surface area contributed by atoms with Crippen molar-refractivity contribution < 1.29 is 13.3 Å². The molecule has 1 aliphatic rings. The van der Waals surface area contributed by atoms with Crippen molar-refractivity contribution in [1.82, 2.24) is 4.72 Å². The van der Waals surface area contributed by atoms with Crippen molar-refractivity contribution in [2.24, 2.45) is 0 Å². The normalized spacial score (nSPS) is 20.7. The molecular formula is C23H22N2O4S. The number of sulfonamides is 1. The van der Waals surface area contributed by atoms with Gasteiger partial charge >= 0.3 is 0 Å². The van der Waals surface area contributed by atoms with Crippen molar-refractivity contribution in [2.45, 2.75) is 36.7 Å². The largest absolute Gasteiger partial charge is 0.264 e. The molecule has 0 fully saturated rings. The molecule has 0 aromatic heterocycles. The van der Waals surface area contributed by atoms with E-state index in [-0.39, 0.29) is 9.82 Å². The first kappa shape index (κ1) is 20.3.